The summed E-state index contributed by atoms with van der Waals surface area (Å²) in [6.45, 7) is 5.47. The number of nitrogens with zero attached hydrogens (tertiary/aromatic N) is 3. The molecule has 4 rings (SSSR count). The number of carbonyl (C=O) groups excluding carboxylic acids is 1. The van der Waals surface area contributed by atoms with Gasteiger partial charge in [0.05, 0.1) is 12.7 Å². The number of piperazine rings is 1. The van der Waals surface area contributed by atoms with Gasteiger partial charge in [-0.2, -0.15) is 0 Å². The molecule has 0 aliphatic carbocycles. The van der Waals surface area contributed by atoms with Crippen molar-refractivity contribution in [2.45, 2.75) is 20.1 Å². The Morgan fingerprint density at radius 1 is 1.03 bits per heavy atom. The monoisotopic (exact) mass is 439 g/mol. The molecule has 0 saturated carbocycles. The maximum absolute atomic E-state index is 13.1. The molecule has 0 bridgehead atoms. The minimum Gasteiger partial charge on any atom is -0.497 e. The summed E-state index contributed by atoms with van der Waals surface area (Å²) in [5.74, 6) is 1.39. The maximum Gasteiger partial charge on any atom is 0.276 e. The molecule has 1 aliphatic rings. The van der Waals surface area contributed by atoms with Crippen LogP contribution in [-0.2, 0) is 13.2 Å². The molecule has 2 heterocycles. The van der Waals surface area contributed by atoms with Crippen LogP contribution >= 0.6 is 0 Å². The first-order valence-corrected chi connectivity index (χ1v) is 10.5. The van der Waals surface area contributed by atoms with Crippen LogP contribution in [0, 0.1) is 12.7 Å². The summed E-state index contributed by atoms with van der Waals surface area (Å²) >= 11 is 0. The highest BCUT2D eigenvalue weighted by Gasteiger charge is 2.28. The molecule has 32 heavy (non-hydrogen) atoms. The third-order valence-electron chi connectivity index (χ3n) is 5.61. The number of amides is 1. The normalized spacial score (nSPS) is 14.4. The maximum atomic E-state index is 13.1. The van der Waals surface area contributed by atoms with E-state index in [0.29, 0.717) is 30.2 Å². The minimum absolute atomic E-state index is 0.124. The van der Waals surface area contributed by atoms with Gasteiger partial charge in [-0.3, -0.25) is 9.69 Å². The Bertz CT molecular complexity index is 1040. The first-order chi connectivity index (χ1) is 15.5. The molecule has 8 heteroatoms. The molecule has 1 aliphatic heterocycles. The topological polar surface area (TPSA) is 68.0 Å². The lowest BCUT2D eigenvalue weighted by Gasteiger charge is -2.34. The van der Waals surface area contributed by atoms with E-state index in [-0.39, 0.29) is 24.0 Å². The van der Waals surface area contributed by atoms with Crippen LogP contribution in [-0.4, -0.2) is 54.2 Å². The van der Waals surface area contributed by atoms with Gasteiger partial charge < -0.3 is 18.9 Å². The fraction of sp³-hybridized carbons (Fsp3) is 0.333. The van der Waals surface area contributed by atoms with E-state index < -0.39 is 0 Å². The van der Waals surface area contributed by atoms with Crippen LogP contribution in [0.2, 0.25) is 0 Å². The van der Waals surface area contributed by atoms with E-state index in [2.05, 4.69) is 22.2 Å². The Hall–Kier alpha value is -3.39. The van der Waals surface area contributed by atoms with Crippen LogP contribution < -0.4 is 9.47 Å². The third kappa shape index (κ3) is 5.08. The molecule has 3 aromatic rings. The zero-order valence-corrected chi connectivity index (χ0v) is 18.2. The average Bonchev–Trinajstić information content (AvgIpc) is 3.19. The smallest absolute Gasteiger partial charge is 0.276 e. The SMILES string of the molecule is COc1ccc(CN2CCN(C(=O)c3noc(C)c3COc3ccc(F)cc3)CC2)cc1. The quantitative estimate of drug-likeness (QED) is 0.560. The van der Waals surface area contributed by atoms with E-state index in [1.165, 1.54) is 17.7 Å². The first kappa shape index (κ1) is 21.8. The van der Waals surface area contributed by atoms with Gasteiger partial charge in [-0.1, -0.05) is 17.3 Å². The fourth-order valence-corrected chi connectivity index (χ4v) is 3.66. The van der Waals surface area contributed by atoms with Crippen molar-refractivity contribution in [2.75, 3.05) is 33.3 Å². The number of rotatable bonds is 7. The summed E-state index contributed by atoms with van der Waals surface area (Å²) in [4.78, 5) is 17.2. The Balaban J connectivity index is 1.34. The second kappa shape index (κ2) is 9.82. The number of methoxy groups -OCH3 is 1. The lowest BCUT2D eigenvalue weighted by Crippen LogP contribution is -2.48. The molecule has 2 aromatic carbocycles. The summed E-state index contributed by atoms with van der Waals surface area (Å²) in [7, 11) is 1.65. The molecular weight excluding hydrogens is 413 g/mol. The number of halogens is 1. The molecule has 0 unspecified atom stereocenters. The molecule has 7 nitrogen and oxygen atoms in total. The van der Waals surface area contributed by atoms with Crippen molar-refractivity contribution in [2.24, 2.45) is 0 Å². The van der Waals surface area contributed by atoms with Gasteiger partial charge >= 0.3 is 0 Å². The molecule has 0 spiro atoms. The van der Waals surface area contributed by atoms with Gasteiger partial charge in [0, 0.05) is 32.7 Å². The predicted molar refractivity (Wildman–Crippen MR) is 116 cm³/mol. The van der Waals surface area contributed by atoms with Crippen LogP contribution in [0.4, 0.5) is 4.39 Å². The third-order valence-corrected chi connectivity index (χ3v) is 5.61. The number of carbonyl (C=O) groups is 1. The zero-order valence-electron chi connectivity index (χ0n) is 18.2. The summed E-state index contributed by atoms with van der Waals surface area (Å²) < 4.78 is 29.3. The van der Waals surface area contributed by atoms with Gasteiger partial charge in [-0.05, 0) is 48.9 Å². The summed E-state index contributed by atoms with van der Waals surface area (Å²) in [6, 6.07) is 13.8. The van der Waals surface area contributed by atoms with Gasteiger partial charge in [-0.15, -0.1) is 0 Å². The Morgan fingerprint density at radius 2 is 1.69 bits per heavy atom. The van der Waals surface area contributed by atoms with Gasteiger partial charge in [0.15, 0.2) is 5.69 Å². The first-order valence-electron chi connectivity index (χ1n) is 10.5. The Labute approximate surface area is 186 Å². The molecule has 1 aromatic heterocycles. The van der Waals surface area contributed by atoms with E-state index in [1.807, 2.05) is 12.1 Å². The Kier molecular flexibility index (Phi) is 6.70. The van der Waals surface area contributed by atoms with Crippen molar-refractivity contribution in [3.63, 3.8) is 0 Å². The van der Waals surface area contributed by atoms with Gasteiger partial charge in [0.1, 0.15) is 29.7 Å². The van der Waals surface area contributed by atoms with E-state index >= 15 is 0 Å². The number of benzene rings is 2. The number of ether oxygens (including phenoxy) is 2. The molecule has 0 atom stereocenters. The largest absolute Gasteiger partial charge is 0.497 e. The summed E-state index contributed by atoms with van der Waals surface area (Å²) in [6.07, 6.45) is 0. The van der Waals surface area contributed by atoms with E-state index in [4.69, 9.17) is 14.0 Å². The lowest BCUT2D eigenvalue weighted by atomic mass is 10.1. The highest BCUT2D eigenvalue weighted by Crippen LogP contribution is 2.21. The molecule has 1 amide bonds. The fourth-order valence-electron chi connectivity index (χ4n) is 3.66. The highest BCUT2D eigenvalue weighted by molar-refractivity contribution is 5.93. The van der Waals surface area contributed by atoms with Crippen molar-refractivity contribution in [1.82, 2.24) is 15.0 Å². The van der Waals surface area contributed by atoms with Crippen molar-refractivity contribution < 1.29 is 23.2 Å². The molecular formula is C24H26FN3O4. The molecule has 0 radical (unpaired) electrons. The number of aryl methyl sites for hydroxylation is 1. The van der Waals surface area contributed by atoms with Gasteiger partial charge in [0.2, 0.25) is 0 Å². The molecule has 1 saturated heterocycles. The number of hydrogen-bond acceptors (Lipinski definition) is 6. The summed E-state index contributed by atoms with van der Waals surface area (Å²) in [5.41, 5.74) is 2.09. The van der Waals surface area contributed by atoms with Crippen LogP contribution in [0.3, 0.4) is 0 Å². The molecule has 0 N–H and O–H groups in total. The van der Waals surface area contributed by atoms with E-state index in [9.17, 15) is 9.18 Å². The van der Waals surface area contributed by atoms with Crippen molar-refractivity contribution in [3.05, 3.63) is 76.9 Å². The predicted octanol–water partition coefficient (Wildman–Crippen LogP) is 3.67. The van der Waals surface area contributed by atoms with Gasteiger partial charge in [0.25, 0.3) is 5.91 Å². The minimum atomic E-state index is -0.333. The molecule has 1 fully saturated rings. The number of hydrogen-bond donors (Lipinski definition) is 0. The number of aromatic nitrogens is 1. The zero-order chi connectivity index (χ0) is 22.5. The second-order valence-electron chi connectivity index (χ2n) is 7.72. The van der Waals surface area contributed by atoms with Crippen molar-refractivity contribution >= 4 is 5.91 Å². The average molecular weight is 439 g/mol. The highest BCUT2D eigenvalue weighted by atomic mass is 19.1. The Morgan fingerprint density at radius 3 is 2.34 bits per heavy atom. The van der Waals surface area contributed by atoms with Crippen molar-refractivity contribution in [1.29, 1.82) is 0 Å². The lowest BCUT2D eigenvalue weighted by molar-refractivity contribution is 0.0616. The second-order valence-corrected chi connectivity index (χ2v) is 7.72. The summed E-state index contributed by atoms with van der Waals surface area (Å²) in [5, 5.41) is 3.99. The van der Waals surface area contributed by atoms with Crippen molar-refractivity contribution in [3.8, 4) is 11.5 Å². The van der Waals surface area contributed by atoms with Crippen LogP contribution in [0.5, 0.6) is 11.5 Å². The van der Waals surface area contributed by atoms with Crippen LogP contribution in [0.25, 0.3) is 0 Å². The standard InChI is InChI=1S/C24H26FN3O4/c1-17-22(16-31-21-9-5-19(25)6-10-21)23(26-32-17)24(29)28-13-11-27(12-14-28)15-18-3-7-20(30-2)8-4-18/h3-10H,11-16H2,1-2H3. The van der Waals surface area contributed by atoms with Gasteiger partial charge in [-0.25, -0.2) is 4.39 Å². The van der Waals surface area contributed by atoms with E-state index in [1.54, 1.807) is 31.1 Å². The van der Waals surface area contributed by atoms with E-state index in [0.717, 1.165) is 25.4 Å². The van der Waals surface area contributed by atoms with Crippen LogP contribution in [0.15, 0.2) is 53.1 Å². The van der Waals surface area contributed by atoms with Crippen LogP contribution in [0.1, 0.15) is 27.4 Å². The molecule has 168 valence electrons.